The highest BCUT2D eigenvalue weighted by Gasteiger charge is 2.29. The fraction of sp³-hybridized carbons (Fsp3) is 0.111. The number of nitrogens with zero attached hydrogens (tertiary/aromatic N) is 1. The number of nitrogens with one attached hydrogen (secondary N) is 2. The summed E-state index contributed by atoms with van der Waals surface area (Å²) in [4.78, 5) is 43.1. The van der Waals surface area contributed by atoms with Crippen LogP contribution < -0.4 is 10.6 Å². The fourth-order valence-corrected chi connectivity index (χ4v) is 6.39. The topological polar surface area (TPSA) is 108 Å². The van der Waals surface area contributed by atoms with E-state index in [1.54, 1.807) is 24.3 Å². The smallest absolute Gasteiger partial charge is 0.338 e. The molecule has 0 bridgehead atoms. The summed E-state index contributed by atoms with van der Waals surface area (Å²) in [5.41, 5.74) is 1.09. The van der Waals surface area contributed by atoms with Crippen LogP contribution in [0.1, 0.15) is 34.1 Å². The minimum absolute atomic E-state index is 0.209. The van der Waals surface area contributed by atoms with Crippen molar-refractivity contribution in [3.05, 3.63) is 91.2 Å². The van der Waals surface area contributed by atoms with Crippen molar-refractivity contribution in [1.82, 2.24) is 4.98 Å². The van der Waals surface area contributed by atoms with Crippen molar-refractivity contribution in [2.45, 2.75) is 23.5 Å². The first-order valence-corrected chi connectivity index (χ1v) is 14.9. The van der Waals surface area contributed by atoms with Crippen molar-refractivity contribution < 1.29 is 19.5 Å². The molecule has 0 aliphatic heterocycles. The van der Waals surface area contributed by atoms with Crippen LogP contribution in [0.15, 0.2) is 64.9 Å². The number of hydrogen-bond acceptors (Lipinski definition) is 6. The van der Waals surface area contributed by atoms with E-state index in [0.717, 1.165) is 11.3 Å². The second-order valence-electron chi connectivity index (χ2n) is 8.20. The van der Waals surface area contributed by atoms with E-state index in [1.165, 1.54) is 23.1 Å². The van der Waals surface area contributed by atoms with Gasteiger partial charge in [-0.3, -0.25) is 9.59 Å². The number of aromatic carboxylic acids is 1. The van der Waals surface area contributed by atoms with Gasteiger partial charge in [-0.1, -0.05) is 89.7 Å². The Balaban J connectivity index is 1.48. The second kappa shape index (κ2) is 13.2. The van der Waals surface area contributed by atoms with Gasteiger partial charge in [-0.2, -0.15) is 0 Å². The highest BCUT2D eigenvalue weighted by atomic mass is 35.5. The minimum atomic E-state index is -1.49. The van der Waals surface area contributed by atoms with Crippen LogP contribution in [-0.2, 0) is 4.79 Å². The number of carbonyl (C=O) groups is 3. The summed E-state index contributed by atoms with van der Waals surface area (Å²) in [7, 11) is 0. The van der Waals surface area contributed by atoms with Gasteiger partial charge >= 0.3 is 5.97 Å². The third-order valence-corrected chi connectivity index (χ3v) is 9.46. The minimum Gasteiger partial charge on any atom is -0.478 e. The van der Waals surface area contributed by atoms with Gasteiger partial charge in [0.15, 0.2) is 5.13 Å². The SMILES string of the molecule is CCC(Sc1cccc(NC(=O)c2c(Cl)c(Cl)c(Cl)c(Cl)c2C(=O)O)c1)C(=O)Nc1nc(-c2ccccc2)cs1. The molecule has 4 aromatic rings. The number of rotatable bonds is 9. The summed E-state index contributed by atoms with van der Waals surface area (Å²) in [6, 6.07) is 16.4. The third-order valence-electron chi connectivity index (χ3n) is 5.55. The zero-order chi connectivity index (χ0) is 29.0. The van der Waals surface area contributed by atoms with Crippen LogP contribution >= 0.6 is 69.5 Å². The Morgan fingerprint density at radius 3 is 2.25 bits per heavy atom. The number of hydrogen-bond donors (Lipinski definition) is 3. The molecule has 0 aliphatic carbocycles. The molecule has 0 aliphatic rings. The molecule has 1 aromatic heterocycles. The summed E-state index contributed by atoms with van der Waals surface area (Å²) in [6.07, 6.45) is 0.531. The van der Waals surface area contributed by atoms with E-state index in [4.69, 9.17) is 46.4 Å². The Labute approximate surface area is 257 Å². The molecule has 0 saturated heterocycles. The van der Waals surface area contributed by atoms with E-state index in [2.05, 4.69) is 15.6 Å². The van der Waals surface area contributed by atoms with Gasteiger partial charge in [0.1, 0.15) is 0 Å². The number of carboxylic acids is 1. The molecule has 13 heteroatoms. The molecule has 3 aromatic carbocycles. The number of thioether (sulfide) groups is 1. The molecule has 3 N–H and O–H groups in total. The van der Waals surface area contributed by atoms with Crippen LogP contribution in [0, 0.1) is 0 Å². The van der Waals surface area contributed by atoms with Gasteiger partial charge in [-0.25, -0.2) is 9.78 Å². The highest BCUT2D eigenvalue weighted by Crippen LogP contribution is 2.42. The number of benzene rings is 3. The molecule has 206 valence electrons. The third kappa shape index (κ3) is 6.74. The Hall–Kier alpha value is -2.79. The zero-order valence-electron chi connectivity index (χ0n) is 20.5. The maximum atomic E-state index is 13.1. The summed E-state index contributed by atoms with van der Waals surface area (Å²) in [5.74, 6) is -2.54. The molecule has 0 spiro atoms. The lowest BCUT2D eigenvalue weighted by molar-refractivity contribution is -0.115. The van der Waals surface area contributed by atoms with Gasteiger partial charge in [-0.15, -0.1) is 23.1 Å². The lowest BCUT2D eigenvalue weighted by Crippen LogP contribution is -2.24. The van der Waals surface area contributed by atoms with E-state index >= 15 is 0 Å². The highest BCUT2D eigenvalue weighted by molar-refractivity contribution is 8.00. The molecule has 1 unspecified atom stereocenters. The molecular weight excluding hydrogens is 636 g/mol. The van der Waals surface area contributed by atoms with Crippen molar-refractivity contribution in [2.75, 3.05) is 10.6 Å². The lowest BCUT2D eigenvalue weighted by Gasteiger charge is -2.16. The monoisotopic (exact) mass is 653 g/mol. The Kier molecular flexibility index (Phi) is 9.99. The quantitative estimate of drug-likeness (QED) is 0.0945. The zero-order valence-corrected chi connectivity index (χ0v) is 25.2. The number of thiazole rings is 1. The van der Waals surface area contributed by atoms with Gasteiger partial charge in [0.05, 0.1) is 42.2 Å². The number of carboxylic acid groups (broad SMARTS) is 1. The second-order valence-corrected chi connectivity index (χ2v) is 11.8. The van der Waals surface area contributed by atoms with E-state index in [0.29, 0.717) is 22.1 Å². The summed E-state index contributed by atoms with van der Waals surface area (Å²) < 4.78 is 0. The summed E-state index contributed by atoms with van der Waals surface area (Å²) >= 11 is 26.9. The van der Waals surface area contributed by atoms with E-state index in [-0.39, 0.29) is 21.0 Å². The first kappa shape index (κ1) is 30.2. The van der Waals surface area contributed by atoms with Crippen molar-refractivity contribution in [3.8, 4) is 11.3 Å². The Bertz CT molecular complexity index is 1600. The van der Waals surface area contributed by atoms with Crippen molar-refractivity contribution >= 4 is 98.1 Å². The molecule has 0 fully saturated rings. The van der Waals surface area contributed by atoms with E-state index in [1.807, 2.05) is 42.6 Å². The maximum Gasteiger partial charge on any atom is 0.338 e. The average Bonchev–Trinajstić information content (AvgIpc) is 3.41. The van der Waals surface area contributed by atoms with E-state index < -0.39 is 33.3 Å². The number of anilines is 2. The Morgan fingerprint density at radius 2 is 1.60 bits per heavy atom. The molecule has 0 saturated carbocycles. The molecule has 0 radical (unpaired) electrons. The summed E-state index contributed by atoms with van der Waals surface area (Å²) in [6.45, 7) is 1.89. The first-order valence-electron chi connectivity index (χ1n) is 11.6. The largest absolute Gasteiger partial charge is 0.478 e. The van der Waals surface area contributed by atoms with E-state index in [9.17, 15) is 19.5 Å². The van der Waals surface area contributed by atoms with Crippen LogP contribution in [0.4, 0.5) is 10.8 Å². The molecular formula is C27H19Cl4N3O4S2. The maximum absolute atomic E-state index is 13.1. The average molecular weight is 655 g/mol. The van der Waals surface area contributed by atoms with Crippen molar-refractivity contribution in [2.24, 2.45) is 0 Å². The number of aromatic nitrogens is 1. The van der Waals surface area contributed by atoms with Crippen molar-refractivity contribution in [1.29, 1.82) is 0 Å². The molecule has 1 heterocycles. The number of amides is 2. The summed E-state index contributed by atoms with van der Waals surface area (Å²) in [5, 5.41) is 15.8. The lowest BCUT2D eigenvalue weighted by atomic mass is 10.1. The number of halogens is 4. The normalized spacial score (nSPS) is 11.6. The molecule has 40 heavy (non-hydrogen) atoms. The van der Waals surface area contributed by atoms with Crippen molar-refractivity contribution in [3.63, 3.8) is 0 Å². The van der Waals surface area contributed by atoms with Gasteiger partial charge in [0.25, 0.3) is 5.91 Å². The first-order chi connectivity index (χ1) is 19.1. The predicted molar refractivity (Wildman–Crippen MR) is 164 cm³/mol. The van der Waals surface area contributed by atoms with Crippen LogP contribution in [0.25, 0.3) is 11.3 Å². The van der Waals surface area contributed by atoms with Crippen LogP contribution in [0.3, 0.4) is 0 Å². The van der Waals surface area contributed by atoms with Crippen LogP contribution in [0.5, 0.6) is 0 Å². The van der Waals surface area contributed by atoms with Crippen LogP contribution in [-0.4, -0.2) is 33.1 Å². The van der Waals surface area contributed by atoms with Crippen LogP contribution in [0.2, 0.25) is 20.1 Å². The molecule has 2 amide bonds. The fourth-order valence-electron chi connectivity index (χ4n) is 3.63. The van der Waals surface area contributed by atoms with Gasteiger partial charge < -0.3 is 15.7 Å². The Morgan fingerprint density at radius 1 is 0.925 bits per heavy atom. The predicted octanol–water partition coefficient (Wildman–Crippen LogP) is 8.88. The number of carbonyl (C=O) groups excluding carboxylic acids is 2. The van der Waals surface area contributed by atoms with Gasteiger partial charge in [0.2, 0.25) is 5.91 Å². The standard InChI is InChI=1S/C27H19Cl4N3O4S2/c1-2-17(24(35)34-27-33-16(12-39-27)13-7-4-3-5-8-13)40-15-10-6-9-14(11-15)32-25(36)18-19(26(37)38)21(29)23(31)22(30)20(18)28/h3-12,17H,2H2,1H3,(H,32,36)(H,37,38)(H,33,34,35). The molecule has 1 atom stereocenters. The van der Waals surface area contributed by atoms with Gasteiger partial charge in [0, 0.05) is 21.5 Å². The molecule has 4 rings (SSSR count). The molecule has 7 nitrogen and oxygen atoms in total. The van der Waals surface area contributed by atoms with Gasteiger partial charge in [-0.05, 0) is 24.6 Å².